The van der Waals surface area contributed by atoms with Crippen molar-refractivity contribution >= 4 is 17.2 Å². The van der Waals surface area contributed by atoms with Crippen LogP contribution in [0.2, 0.25) is 0 Å². The minimum Gasteiger partial charge on any atom is -0.346 e. The highest BCUT2D eigenvalue weighted by Gasteiger charge is 2.09. The lowest BCUT2D eigenvalue weighted by Gasteiger charge is -2.05. The number of hydrogen-bond donors (Lipinski definition) is 1. The summed E-state index contributed by atoms with van der Waals surface area (Å²) in [6.45, 7) is 0.377. The van der Waals surface area contributed by atoms with E-state index in [0.717, 1.165) is 11.3 Å². The van der Waals surface area contributed by atoms with Crippen molar-refractivity contribution in [3.05, 3.63) is 60.7 Å². The fourth-order valence-corrected chi connectivity index (χ4v) is 2.25. The molecule has 0 aliphatic rings. The molecule has 0 radical (unpaired) electrons. The van der Waals surface area contributed by atoms with Crippen molar-refractivity contribution in [1.29, 1.82) is 0 Å². The van der Waals surface area contributed by atoms with E-state index in [9.17, 15) is 4.79 Å². The fraction of sp³-hybridized carbons (Fsp3) is 0.0714. The summed E-state index contributed by atoms with van der Waals surface area (Å²) in [5.41, 5.74) is 2.80. The van der Waals surface area contributed by atoms with Crippen LogP contribution in [0.1, 0.15) is 16.1 Å². The third-order valence-electron chi connectivity index (χ3n) is 3.37. The van der Waals surface area contributed by atoms with Gasteiger partial charge in [0, 0.05) is 24.2 Å². The smallest absolute Gasteiger partial charge is 0.251 e. The number of fused-ring (bicyclic) bond motifs is 2. The predicted octanol–water partition coefficient (Wildman–Crippen LogP) is 0.702. The Morgan fingerprint density at radius 1 is 1.18 bits per heavy atom. The number of imidazole rings is 1. The molecule has 8 nitrogen and oxygen atoms in total. The van der Waals surface area contributed by atoms with E-state index in [0.29, 0.717) is 17.8 Å². The maximum absolute atomic E-state index is 12.2. The van der Waals surface area contributed by atoms with Crippen molar-refractivity contribution in [2.24, 2.45) is 0 Å². The number of carbonyl (C=O) groups excluding carboxylic acids is 1. The van der Waals surface area contributed by atoms with Gasteiger partial charge in [-0.05, 0) is 12.1 Å². The number of carbonyl (C=O) groups is 1. The summed E-state index contributed by atoms with van der Waals surface area (Å²) in [6, 6.07) is 3.40. The zero-order valence-corrected chi connectivity index (χ0v) is 11.4. The maximum atomic E-state index is 12.2. The van der Waals surface area contributed by atoms with Crippen LogP contribution in [-0.2, 0) is 6.54 Å². The largest absolute Gasteiger partial charge is 0.346 e. The van der Waals surface area contributed by atoms with Gasteiger partial charge in [0.15, 0.2) is 11.3 Å². The highest BCUT2D eigenvalue weighted by molar-refractivity contribution is 5.94. The SMILES string of the molecule is O=C(NCc1cnc2cnccn12)c1ccn2ncnc2c1. The Labute approximate surface area is 124 Å². The number of aromatic nitrogens is 6. The van der Waals surface area contributed by atoms with E-state index in [-0.39, 0.29) is 5.91 Å². The molecule has 22 heavy (non-hydrogen) atoms. The number of amides is 1. The van der Waals surface area contributed by atoms with Crippen molar-refractivity contribution < 1.29 is 4.79 Å². The Kier molecular flexibility index (Phi) is 2.78. The molecule has 4 heterocycles. The number of nitrogens with zero attached hydrogens (tertiary/aromatic N) is 6. The van der Waals surface area contributed by atoms with Gasteiger partial charge in [0.2, 0.25) is 0 Å². The van der Waals surface area contributed by atoms with Crippen molar-refractivity contribution in [1.82, 2.24) is 34.3 Å². The molecule has 4 rings (SSSR count). The van der Waals surface area contributed by atoms with Gasteiger partial charge in [-0.3, -0.25) is 14.2 Å². The first kappa shape index (κ1) is 12.5. The Hall–Kier alpha value is -3.29. The number of pyridine rings is 1. The molecular formula is C14H11N7O. The van der Waals surface area contributed by atoms with Crippen LogP contribution in [0, 0.1) is 0 Å². The van der Waals surface area contributed by atoms with E-state index in [1.54, 1.807) is 41.4 Å². The van der Waals surface area contributed by atoms with E-state index >= 15 is 0 Å². The van der Waals surface area contributed by atoms with Gasteiger partial charge in [0.25, 0.3) is 5.91 Å². The van der Waals surface area contributed by atoms with Crippen molar-refractivity contribution in [2.45, 2.75) is 6.54 Å². The topological polar surface area (TPSA) is 89.5 Å². The molecule has 8 heteroatoms. The highest BCUT2D eigenvalue weighted by atomic mass is 16.1. The van der Waals surface area contributed by atoms with E-state index in [1.807, 2.05) is 10.6 Å². The fourth-order valence-electron chi connectivity index (χ4n) is 2.25. The molecule has 1 amide bonds. The molecule has 108 valence electrons. The van der Waals surface area contributed by atoms with Crippen LogP contribution in [0.5, 0.6) is 0 Å². The zero-order valence-electron chi connectivity index (χ0n) is 11.4. The maximum Gasteiger partial charge on any atom is 0.251 e. The lowest BCUT2D eigenvalue weighted by molar-refractivity contribution is 0.0950. The summed E-state index contributed by atoms with van der Waals surface area (Å²) >= 11 is 0. The quantitative estimate of drug-likeness (QED) is 0.600. The molecule has 0 unspecified atom stereocenters. The van der Waals surface area contributed by atoms with Gasteiger partial charge in [-0.25, -0.2) is 14.5 Å². The Balaban J connectivity index is 1.54. The zero-order chi connectivity index (χ0) is 14.9. The van der Waals surface area contributed by atoms with Crippen molar-refractivity contribution in [2.75, 3.05) is 0 Å². The number of hydrogen-bond acceptors (Lipinski definition) is 5. The van der Waals surface area contributed by atoms with Crippen LogP contribution >= 0.6 is 0 Å². The number of nitrogens with one attached hydrogen (secondary N) is 1. The molecule has 0 fully saturated rings. The van der Waals surface area contributed by atoms with Crippen LogP contribution in [0.4, 0.5) is 0 Å². The third kappa shape index (κ3) is 2.06. The Bertz CT molecular complexity index is 971. The second-order valence-corrected chi connectivity index (χ2v) is 4.71. The van der Waals surface area contributed by atoms with E-state index in [1.165, 1.54) is 6.33 Å². The van der Waals surface area contributed by atoms with Crippen LogP contribution in [0.3, 0.4) is 0 Å². The molecule has 4 aromatic heterocycles. The summed E-state index contributed by atoms with van der Waals surface area (Å²) in [6.07, 6.45) is 10.0. The van der Waals surface area contributed by atoms with Crippen LogP contribution in [-0.4, -0.2) is 34.9 Å². The molecular weight excluding hydrogens is 282 g/mol. The molecule has 0 saturated heterocycles. The van der Waals surface area contributed by atoms with Gasteiger partial charge >= 0.3 is 0 Å². The van der Waals surface area contributed by atoms with E-state index in [4.69, 9.17) is 0 Å². The predicted molar refractivity (Wildman–Crippen MR) is 77.1 cm³/mol. The molecule has 0 spiro atoms. The molecule has 1 N–H and O–H groups in total. The summed E-state index contributed by atoms with van der Waals surface area (Å²) in [4.78, 5) is 24.5. The molecule has 0 aromatic carbocycles. The lowest BCUT2D eigenvalue weighted by Crippen LogP contribution is -2.23. The second-order valence-electron chi connectivity index (χ2n) is 4.71. The monoisotopic (exact) mass is 293 g/mol. The van der Waals surface area contributed by atoms with Crippen molar-refractivity contribution in [3.63, 3.8) is 0 Å². The Morgan fingerprint density at radius 3 is 3.09 bits per heavy atom. The van der Waals surface area contributed by atoms with E-state index < -0.39 is 0 Å². The standard InChI is InChI=1S/C14H11N7O/c22-14(10-1-3-21-12(5-10)18-9-19-21)17-7-11-6-16-13-8-15-2-4-20(11)13/h1-6,8-9H,7H2,(H,17,22). The van der Waals surface area contributed by atoms with Gasteiger partial charge in [-0.15, -0.1) is 0 Å². The molecule has 4 aromatic rings. The van der Waals surface area contributed by atoms with Crippen LogP contribution in [0.25, 0.3) is 11.3 Å². The number of rotatable bonds is 3. The lowest BCUT2D eigenvalue weighted by atomic mass is 10.2. The first-order chi connectivity index (χ1) is 10.8. The minimum absolute atomic E-state index is 0.172. The minimum atomic E-state index is -0.172. The van der Waals surface area contributed by atoms with Gasteiger partial charge in [-0.2, -0.15) is 5.10 Å². The second kappa shape index (κ2) is 4.92. The van der Waals surface area contributed by atoms with Gasteiger partial charge in [0.05, 0.1) is 24.6 Å². The summed E-state index contributed by atoms with van der Waals surface area (Å²) in [5, 5.41) is 6.87. The molecule has 0 saturated carbocycles. The molecule has 0 aliphatic carbocycles. The van der Waals surface area contributed by atoms with Crippen LogP contribution in [0.15, 0.2) is 49.4 Å². The summed E-state index contributed by atoms with van der Waals surface area (Å²) in [7, 11) is 0. The molecule has 0 atom stereocenters. The first-order valence-electron chi connectivity index (χ1n) is 6.65. The normalized spacial score (nSPS) is 11.1. The molecule has 0 aliphatic heterocycles. The average Bonchev–Trinajstić information content (AvgIpc) is 3.18. The van der Waals surface area contributed by atoms with Gasteiger partial charge < -0.3 is 5.32 Å². The Morgan fingerprint density at radius 2 is 2.14 bits per heavy atom. The van der Waals surface area contributed by atoms with E-state index in [2.05, 4.69) is 25.4 Å². The van der Waals surface area contributed by atoms with Crippen LogP contribution < -0.4 is 5.32 Å². The van der Waals surface area contributed by atoms with Crippen molar-refractivity contribution in [3.8, 4) is 0 Å². The van der Waals surface area contributed by atoms with Gasteiger partial charge in [-0.1, -0.05) is 0 Å². The average molecular weight is 293 g/mol. The summed E-state index contributed by atoms with van der Waals surface area (Å²) < 4.78 is 3.49. The molecule has 0 bridgehead atoms. The first-order valence-corrected chi connectivity index (χ1v) is 6.65. The van der Waals surface area contributed by atoms with Gasteiger partial charge in [0.1, 0.15) is 6.33 Å². The summed E-state index contributed by atoms with van der Waals surface area (Å²) in [5.74, 6) is -0.172. The third-order valence-corrected chi connectivity index (χ3v) is 3.37. The highest BCUT2D eigenvalue weighted by Crippen LogP contribution is 2.06.